The molecule has 1 aromatic heterocycles. The quantitative estimate of drug-likeness (QED) is 0.797. The zero-order chi connectivity index (χ0) is 12.1. The molecule has 0 radical (unpaired) electrons. The Morgan fingerprint density at radius 1 is 1.56 bits per heavy atom. The predicted molar refractivity (Wildman–Crippen MR) is 68.9 cm³/mol. The second-order valence-corrected chi connectivity index (χ2v) is 5.52. The topological polar surface area (TPSA) is 33.2 Å². The summed E-state index contributed by atoms with van der Waals surface area (Å²) in [4.78, 5) is 18.3. The molecule has 1 aromatic rings. The molecule has 0 aliphatic heterocycles. The molecule has 1 heterocycles. The van der Waals surface area contributed by atoms with Crippen LogP contribution in [0.5, 0.6) is 0 Å². The lowest BCUT2D eigenvalue weighted by Gasteiger charge is -2.17. The van der Waals surface area contributed by atoms with Gasteiger partial charge in [-0.2, -0.15) is 0 Å². The van der Waals surface area contributed by atoms with Crippen LogP contribution in [0.2, 0.25) is 0 Å². The van der Waals surface area contributed by atoms with E-state index in [9.17, 15) is 4.79 Å². The smallest absolute Gasteiger partial charge is 0.272 e. The number of carbonyl (C=O) groups is 1. The van der Waals surface area contributed by atoms with Crippen molar-refractivity contribution in [2.45, 2.75) is 25.1 Å². The van der Waals surface area contributed by atoms with Crippen LogP contribution in [-0.4, -0.2) is 34.2 Å². The van der Waals surface area contributed by atoms with Gasteiger partial charge in [-0.05, 0) is 25.5 Å². The third kappa shape index (κ3) is 3.93. The van der Waals surface area contributed by atoms with E-state index in [2.05, 4.69) is 27.8 Å². The van der Waals surface area contributed by atoms with Crippen LogP contribution in [-0.2, 0) is 0 Å². The maximum Gasteiger partial charge on any atom is 0.272 e. The molecule has 0 aliphatic carbocycles. The molecule has 1 atom stereocenters. The minimum Gasteiger partial charge on any atom is -0.340 e. The van der Waals surface area contributed by atoms with Crippen LogP contribution in [0.15, 0.2) is 18.2 Å². The molecule has 1 rings (SSSR count). The fourth-order valence-corrected chi connectivity index (χ4v) is 1.54. The van der Waals surface area contributed by atoms with Crippen molar-refractivity contribution in [3.05, 3.63) is 29.6 Å². The van der Waals surface area contributed by atoms with E-state index in [1.165, 1.54) is 0 Å². The van der Waals surface area contributed by atoms with E-state index in [4.69, 9.17) is 0 Å². The molecule has 0 bridgehead atoms. The van der Waals surface area contributed by atoms with Gasteiger partial charge in [0.05, 0.1) is 0 Å². The van der Waals surface area contributed by atoms with Gasteiger partial charge >= 0.3 is 0 Å². The monoisotopic (exact) mass is 284 g/mol. The first-order valence-corrected chi connectivity index (χ1v) is 6.25. The van der Waals surface area contributed by atoms with Gasteiger partial charge < -0.3 is 4.90 Å². The van der Waals surface area contributed by atoms with Crippen LogP contribution in [0.4, 0.5) is 0 Å². The summed E-state index contributed by atoms with van der Waals surface area (Å²) in [5.41, 5.74) is 1.39. The number of hydrogen-bond donors (Lipinski definition) is 0. The molecular formula is C12H17BrN2O. The molecule has 88 valence electrons. The average Bonchev–Trinajstić information content (AvgIpc) is 2.24. The van der Waals surface area contributed by atoms with Crippen LogP contribution in [0, 0.1) is 6.92 Å². The van der Waals surface area contributed by atoms with Gasteiger partial charge in [0.15, 0.2) is 0 Å². The van der Waals surface area contributed by atoms with Gasteiger partial charge in [-0.25, -0.2) is 4.98 Å². The summed E-state index contributed by atoms with van der Waals surface area (Å²) in [5.74, 6) is -0.0168. The van der Waals surface area contributed by atoms with Crippen molar-refractivity contribution in [3.8, 4) is 0 Å². The Kier molecular flexibility index (Phi) is 4.93. The highest BCUT2D eigenvalue weighted by atomic mass is 79.9. The van der Waals surface area contributed by atoms with Gasteiger partial charge in [0.1, 0.15) is 5.69 Å². The van der Waals surface area contributed by atoms with Gasteiger partial charge in [0.2, 0.25) is 0 Å². The summed E-state index contributed by atoms with van der Waals surface area (Å²) in [5, 5.41) is 0. The fourth-order valence-electron chi connectivity index (χ4n) is 1.33. The molecule has 0 N–H and O–H groups in total. The van der Waals surface area contributed by atoms with E-state index in [-0.39, 0.29) is 5.91 Å². The second-order valence-electron chi connectivity index (χ2n) is 3.96. The summed E-state index contributed by atoms with van der Waals surface area (Å²) in [7, 11) is 1.81. The molecule has 0 saturated carbocycles. The maximum absolute atomic E-state index is 12.0. The Balaban J connectivity index is 2.63. The number of hydrogen-bond acceptors (Lipinski definition) is 2. The van der Waals surface area contributed by atoms with E-state index in [0.29, 0.717) is 10.5 Å². The highest BCUT2D eigenvalue weighted by Gasteiger charge is 2.13. The third-order valence-electron chi connectivity index (χ3n) is 2.32. The van der Waals surface area contributed by atoms with E-state index >= 15 is 0 Å². The second kappa shape index (κ2) is 5.99. The Bertz CT molecular complexity index is 366. The number of carbonyl (C=O) groups excluding carboxylic acids is 1. The number of nitrogens with zero attached hydrogens (tertiary/aromatic N) is 2. The first-order valence-electron chi connectivity index (χ1n) is 5.34. The highest BCUT2D eigenvalue weighted by molar-refractivity contribution is 9.09. The molecule has 1 unspecified atom stereocenters. The Labute approximate surface area is 105 Å². The van der Waals surface area contributed by atoms with Crippen molar-refractivity contribution >= 4 is 21.8 Å². The number of amides is 1. The Hall–Kier alpha value is -0.900. The van der Waals surface area contributed by atoms with Gasteiger partial charge in [-0.15, -0.1) is 0 Å². The number of halogens is 1. The zero-order valence-corrected chi connectivity index (χ0v) is 11.5. The largest absolute Gasteiger partial charge is 0.340 e. The number of aromatic nitrogens is 1. The van der Waals surface area contributed by atoms with Gasteiger partial charge in [0, 0.05) is 24.1 Å². The average molecular weight is 285 g/mol. The lowest BCUT2D eigenvalue weighted by atomic mass is 10.2. The van der Waals surface area contributed by atoms with Crippen LogP contribution in [0.3, 0.4) is 0 Å². The predicted octanol–water partition coefficient (Wildman–Crippen LogP) is 2.64. The van der Waals surface area contributed by atoms with Gasteiger partial charge in [-0.1, -0.05) is 28.9 Å². The normalized spacial score (nSPS) is 12.2. The standard InChI is InChI=1S/C12H17BrN2O/c1-9(13)7-8-15(3)12(16)11-6-4-5-10(2)14-11/h4-6,9H,7-8H2,1-3H3. The van der Waals surface area contributed by atoms with Crippen LogP contribution in [0.1, 0.15) is 29.5 Å². The Morgan fingerprint density at radius 3 is 2.81 bits per heavy atom. The third-order valence-corrected chi connectivity index (χ3v) is 2.77. The SMILES string of the molecule is Cc1cccc(C(=O)N(C)CCC(C)Br)n1. The minimum absolute atomic E-state index is 0.0168. The number of alkyl halides is 1. The van der Waals surface area contributed by atoms with E-state index in [1.54, 1.807) is 11.0 Å². The summed E-state index contributed by atoms with van der Waals surface area (Å²) >= 11 is 3.47. The van der Waals surface area contributed by atoms with Gasteiger partial charge in [0.25, 0.3) is 5.91 Å². The Morgan fingerprint density at radius 2 is 2.25 bits per heavy atom. The summed E-state index contributed by atoms with van der Waals surface area (Å²) < 4.78 is 0. The first-order chi connectivity index (χ1) is 7.50. The number of rotatable bonds is 4. The van der Waals surface area contributed by atoms with E-state index in [1.807, 2.05) is 26.1 Å². The van der Waals surface area contributed by atoms with Gasteiger partial charge in [-0.3, -0.25) is 4.79 Å². The lowest BCUT2D eigenvalue weighted by Crippen LogP contribution is -2.29. The van der Waals surface area contributed by atoms with Crippen molar-refractivity contribution in [3.63, 3.8) is 0 Å². The first kappa shape index (κ1) is 13.2. The minimum atomic E-state index is -0.0168. The van der Waals surface area contributed by atoms with Crippen molar-refractivity contribution in [2.75, 3.05) is 13.6 Å². The summed E-state index contributed by atoms with van der Waals surface area (Å²) in [6.45, 7) is 4.70. The summed E-state index contributed by atoms with van der Waals surface area (Å²) in [6, 6.07) is 5.50. The number of pyridine rings is 1. The molecule has 0 aliphatic rings. The number of aryl methyl sites for hydroxylation is 1. The zero-order valence-electron chi connectivity index (χ0n) is 9.90. The molecule has 0 spiro atoms. The summed E-state index contributed by atoms with van der Waals surface area (Å²) in [6.07, 6.45) is 0.939. The van der Waals surface area contributed by atoms with Crippen LogP contribution in [0.25, 0.3) is 0 Å². The molecule has 0 saturated heterocycles. The van der Waals surface area contributed by atoms with E-state index < -0.39 is 0 Å². The molecule has 4 heteroatoms. The molecule has 3 nitrogen and oxygen atoms in total. The molecule has 0 aromatic carbocycles. The van der Waals surface area contributed by atoms with Crippen molar-refractivity contribution in [2.24, 2.45) is 0 Å². The molecule has 1 amide bonds. The van der Waals surface area contributed by atoms with E-state index in [0.717, 1.165) is 18.7 Å². The van der Waals surface area contributed by atoms with Crippen LogP contribution < -0.4 is 0 Å². The highest BCUT2D eigenvalue weighted by Crippen LogP contribution is 2.07. The van der Waals surface area contributed by atoms with Crippen molar-refractivity contribution in [1.29, 1.82) is 0 Å². The molecular weight excluding hydrogens is 268 g/mol. The van der Waals surface area contributed by atoms with Crippen molar-refractivity contribution in [1.82, 2.24) is 9.88 Å². The van der Waals surface area contributed by atoms with Crippen LogP contribution >= 0.6 is 15.9 Å². The maximum atomic E-state index is 12.0. The fraction of sp³-hybridized carbons (Fsp3) is 0.500. The lowest BCUT2D eigenvalue weighted by molar-refractivity contribution is 0.0788. The van der Waals surface area contributed by atoms with Crippen molar-refractivity contribution < 1.29 is 4.79 Å². The molecule has 16 heavy (non-hydrogen) atoms. The molecule has 0 fully saturated rings.